The predicted octanol–water partition coefficient (Wildman–Crippen LogP) is 1.69. The third kappa shape index (κ3) is 3.68. The molecule has 1 aromatic carbocycles. The lowest BCUT2D eigenvalue weighted by molar-refractivity contribution is 0.0992. The molecule has 130 valence electrons. The summed E-state index contributed by atoms with van der Waals surface area (Å²) < 4.78 is 29.0. The zero-order valence-corrected chi connectivity index (χ0v) is 15.1. The molecule has 0 spiro atoms. The molecule has 24 heavy (non-hydrogen) atoms. The highest BCUT2D eigenvalue weighted by Gasteiger charge is 2.26. The smallest absolute Gasteiger partial charge is 0.265 e. The molecular formula is C17H23N3O3S. The van der Waals surface area contributed by atoms with Crippen LogP contribution in [0.15, 0.2) is 41.4 Å². The Kier molecular flexibility index (Phi) is 4.87. The van der Waals surface area contributed by atoms with Gasteiger partial charge in [-0.25, -0.2) is 13.1 Å². The summed E-state index contributed by atoms with van der Waals surface area (Å²) in [6.45, 7) is 6.21. The topological polar surface area (TPSA) is 94.2 Å². The minimum atomic E-state index is -3.73. The van der Waals surface area contributed by atoms with Gasteiger partial charge in [0.2, 0.25) is 10.0 Å². The minimum absolute atomic E-state index is 0.0272. The standard InChI is InChI=1S/C17H23N3O3S/c1-12-7-5-6-8-14(12)17(2,3)11-19-24(22,23)13-9-15(16(18)21)20(4)10-13/h5-10,19H,11H2,1-4H3,(H2,18,21). The minimum Gasteiger partial charge on any atom is -0.364 e. The largest absolute Gasteiger partial charge is 0.364 e. The normalized spacial score (nSPS) is 12.3. The van der Waals surface area contributed by atoms with E-state index in [1.54, 1.807) is 7.05 Å². The molecule has 0 aliphatic rings. The summed E-state index contributed by atoms with van der Waals surface area (Å²) in [5, 5.41) is 0. The molecule has 0 unspecified atom stereocenters. The maximum absolute atomic E-state index is 12.5. The Hall–Kier alpha value is -2.12. The molecule has 2 aromatic rings. The summed E-state index contributed by atoms with van der Waals surface area (Å²) >= 11 is 0. The van der Waals surface area contributed by atoms with E-state index in [1.165, 1.54) is 16.8 Å². The van der Waals surface area contributed by atoms with Gasteiger partial charge in [0.25, 0.3) is 5.91 Å². The number of hydrogen-bond acceptors (Lipinski definition) is 3. The molecule has 0 bridgehead atoms. The zero-order valence-electron chi connectivity index (χ0n) is 14.3. The molecule has 1 aromatic heterocycles. The molecule has 0 fully saturated rings. The molecule has 7 heteroatoms. The number of aryl methyl sites for hydroxylation is 2. The van der Waals surface area contributed by atoms with Gasteiger partial charge in [-0.05, 0) is 24.1 Å². The number of hydrogen-bond donors (Lipinski definition) is 2. The predicted molar refractivity (Wildman–Crippen MR) is 93.3 cm³/mol. The second kappa shape index (κ2) is 6.41. The number of rotatable bonds is 6. The number of sulfonamides is 1. The Labute approximate surface area is 142 Å². The maximum atomic E-state index is 12.5. The molecule has 0 aliphatic carbocycles. The van der Waals surface area contributed by atoms with Crippen molar-refractivity contribution in [2.75, 3.05) is 6.54 Å². The molecule has 0 radical (unpaired) electrons. The second-order valence-corrected chi connectivity index (χ2v) is 8.33. The van der Waals surface area contributed by atoms with Crippen LogP contribution < -0.4 is 10.5 Å². The summed E-state index contributed by atoms with van der Waals surface area (Å²) in [6.07, 6.45) is 1.38. The van der Waals surface area contributed by atoms with E-state index in [4.69, 9.17) is 5.73 Å². The number of carbonyl (C=O) groups excluding carboxylic acids is 1. The van der Waals surface area contributed by atoms with Crippen molar-refractivity contribution in [2.24, 2.45) is 12.8 Å². The monoisotopic (exact) mass is 349 g/mol. The number of nitrogens with one attached hydrogen (secondary N) is 1. The summed E-state index contributed by atoms with van der Waals surface area (Å²) in [4.78, 5) is 11.3. The molecule has 0 atom stereocenters. The number of nitrogens with two attached hydrogens (primary N) is 1. The van der Waals surface area contributed by atoms with Crippen LogP contribution in [0.1, 0.15) is 35.5 Å². The highest BCUT2D eigenvalue weighted by molar-refractivity contribution is 7.89. The van der Waals surface area contributed by atoms with Crippen LogP contribution in [0.25, 0.3) is 0 Å². The molecule has 0 aliphatic heterocycles. The first-order valence-electron chi connectivity index (χ1n) is 7.56. The van der Waals surface area contributed by atoms with Crippen molar-refractivity contribution < 1.29 is 13.2 Å². The molecule has 1 amide bonds. The molecule has 0 saturated heterocycles. The van der Waals surface area contributed by atoms with Crippen molar-refractivity contribution in [3.63, 3.8) is 0 Å². The number of amides is 1. The summed E-state index contributed by atoms with van der Waals surface area (Å²) in [5.41, 5.74) is 7.19. The van der Waals surface area contributed by atoms with Crippen LogP contribution in [0.5, 0.6) is 0 Å². The summed E-state index contributed by atoms with van der Waals surface area (Å²) in [6, 6.07) is 9.17. The number of nitrogens with zero attached hydrogens (tertiary/aromatic N) is 1. The average molecular weight is 349 g/mol. The molecular weight excluding hydrogens is 326 g/mol. The van der Waals surface area contributed by atoms with Gasteiger partial charge in [0.05, 0.1) is 0 Å². The molecule has 2 rings (SSSR count). The Balaban J connectivity index is 2.23. The fourth-order valence-electron chi connectivity index (χ4n) is 2.71. The van der Waals surface area contributed by atoms with Crippen LogP contribution in [-0.2, 0) is 22.5 Å². The number of carbonyl (C=O) groups is 1. The van der Waals surface area contributed by atoms with Gasteiger partial charge in [-0.3, -0.25) is 4.79 Å². The lowest BCUT2D eigenvalue weighted by Crippen LogP contribution is -2.37. The number of benzene rings is 1. The molecule has 6 nitrogen and oxygen atoms in total. The van der Waals surface area contributed by atoms with E-state index in [1.807, 2.05) is 45.0 Å². The van der Waals surface area contributed by atoms with Crippen molar-refractivity contribution in [1.29, 1.82) is 0 Å². The van der Waals surface area contributed by atoms with Gasteiger partial charge in [-0.2, -0.15) is 0 Å². The van der Waals surface area contributed by atoms with Crippen molar-refractivity contribution in [3.8, 4) is 0 Å². The van der Waals surface area contributed by atoms with Crippen LogP contribution in [0.4, 0.5) is 0 Å². The summed E-state index contributed by atoms with van der Waals surface area (Å²) in [7, 11) is -2.15. The van der Waals surface area contributed by atoms with E-state index < -0.39 is 15.9 Å². The highest BCUT2D eigenvalue weighted by Crippen LogP contribution is 2.26. The third-order valence-electron chi connectivity index (χ3n) is 4.12. The van der Waals surface area contributed by atoms with Gasteiger partial charge in [-0.1, -0.05) is 38.1 Å². The zero-order chi connectivity index (χ0) is 18.1. The lowest BCUT2D eigenvalue weighted by Gasteiger charge is -2.27. The maximum Gasteiger partial charge on any atom is 0.265 e. The molecule has 1 heterocycles. The number of primary amides is 1. The van der Waals surface area contributed by atoms with Crippen LogP contribution >= 0.6 is 0 Å². The Bertz CT molecular complexity index is 867. The molecule has 0 saturated carbocycles. The fraction of sp³-hybridized carbons (Fsp3) is 0.353. The Morgan fingerprint density at radius 3 is 2.46 bits per heavy atom. The van der Waals surface area contributed by atoms with E-state index in [-0.39, 0.29) is 22.5 Å². The van der Waals surface area contributed by atoms with E-state index >= 15 is 0 Å². The van der Waals surface area contributed by atoms with Gasteiger partial charge in [-0.15, -0.1) is 0 Å². The van der Waals surface area contributed by atoms with Gasteiger partial charge >= 0.3 is 0 Å². The first-order chi connectivity index (χ1) is 11.0. The third-order valence-corrected chi connectivity index (χ3v) is 5.49. The van der Waals surface area contributed by atoms with E-state index in [0.29, 0.717) is 0 Å². The highest BCUT2D eigenvalue weighted by atomic mass is 32.2. The van der Waals surface area contributed by atoms with Crippen molar-refractivity contribution >= 4 is 15.9 Å². The van der Waals surface area contributed by atoms with Crippen LogP contribution in [0, 0.1) is 6.92 Å². The van der Waals surface area contributed by atoms with E-state index in [2.05, 4.69) is 4.72 Å². The lowest BCUT2D eigenvalue weighted by atomic mass is 9.82. The SMILES string of the molecule is Cc1ccccc1C(C)(C)CNS(=O)(=O)c1cc(C(N)=O)n(C)c1. The first-order valence-corrected chi connectivity index (χ1v) is 9.05. The van der Waals surface area contributed by atoms with Crippen molar-refractivity contribution in [2.45, 2.75) is 31.1 Å². The van der Waals surface area contributed by atoms with E-state index in [0.717, 1.165) is 11.1 Å². The fourth-order valence-corrected chi connectivity index (χ4v) is 3.99. The van der Waals surface area contributed by atoms with Gasteiger partial charge in [0.15, 0.2) is 0 Å². The Morgan fingerprint density at radius 1 is 1.29 bits per heavy atom. The van der Waals surface area contributed by atoms with Crippen LogP contribution in [-0.4, -0.2) is 25.4 Å². The quantitative estimate of drug-likeness (QED) is 0.831. The van der Waals surface area contributed by atoms with E-state index in [9.17, 15) is 13.2 Å². The van der Waals surface area contributed by atoms with Crippen LogP contribution in [0.2, 0.25) is 0 Å². The molecule has 3 N–H and O–H groups in total. The first kappa shape index (κ1) is 18.2. The van der Waals surface area contributed by atoms with Gasteiger partial charge in [0, 0.05) is 25.2 Å². The van der Waals surface area contributed by atoms with Gasteiger partial charge in [0.1, 0.15) is 10.6 Å². The average Bonchev–Trinajstić information content (AvgIpc) is 2.89. The summed E-state index contributed by atoms with van der Waals surface area (Å²) in [5.74, 6) is -0.667. The Morgan fingerprint density at radius 2 is 1.92 bits per heavy atom. The van der Waals surface area contributed by atoms with Crippen LogP contribution in [0.3, 0.4) is 0 Å². The second-order valence-electron chi connectivity index (χ2n) is 6.56. The van der Waals surface area contributed by atoms with Crippen molar-refractivity contribution in [1.82, 2.24) is 9.29 Å². The van der Waals surface area contributed by atoms with Gasteiger partial charge < -0.3 is 10.3 Å². The number of aromatic nitrogens is 1. The van der Waals surface area contributed by atoms with Crippen molar-refractivity contribution in [3.05, 3.63) is 53.3 Å².